The van der Waals surface area contributed by atoms with Gasteiger partial charge in [0, 0.05) is 19.0 Å². The molecule has 4 rings (SSSR count). The summed E-state index contributed by atoms with van der Waals surface area (Å²) in [5.41, 5.74) is 4.35. The van der Waals surface area contributed by atoms with Gasteiger partial charge in [0.2, 0.25) is 5.91 Å². The molecular weight excluding hydrogens is 443 g/mol. The summed E-state index contributed by atoms with van der Waals surface area (Å²) < 4.78 is 19.2. The normalized spacial score (nSPS) is 24.3. The molecule has 192 valence electrons. The van der Waals surface area contributed by atoms with Crippen LogP contribution >= 0.6 is 0 Å². The number of hydrogen-bond donors (Lipinski definition) is 1. The van der Waals surface area contributed by atoms with Crippen molar-refractivity contribution in [1.82, 2.24) is 10.2 Å². The van der Waals surface area contributed by atoms with Gasteiger partial charge in [-0.05, 0) is 112 Å². The van der Waals surface area contributed by atoms with Crippen LogP contribution in [-0.4, -0.2) is 41.6 Å². The fraction of sp³-hybridized carbons (Fsp3) is 0.655. The molecule has 0 radical (unpaired) electrons. The summed E-state index contributed by atoms with van der Waals surface area (Å²) in [5.74, 6) is 1.04. The highest BCUT2D eigenvalue weighted by Crippen LogP contribution is 2.44. The molecular formula is C29H41FN2O3. The summed E-state index contributed by atoms with van der Waals surface area (Å²) >= 11 is 0. The molecule has 1 heterocycles. The lowest BCUT2D eigenvalue weighted by atomic mass is 9.78. The molecule has 6 heteroatoms. The number of benzene rings is 1. The smallest absolute Gasteiger partial charge is 0.407 e. The molecule has 1 atom stereocenters. The van der Waals surface area contributed by atoms with Crippen molar-refractivity contribution in [1.29, 1.82) is 0 Å². The number of nitrogens with zero attached hydrogens (tertiary/aromatic N) is 1. The highest BCUT2D eigenvalue weighted by atomic mass is 19.1. The largest absolute Gasteiger partial charge is 0.444 e. The second kappa shape index (κ2) is 10.3. The zero-order valence-corrected chi connectivity index (χ0v) is 22.0. The van der Waals surface area contributed by atoms with E-state index in [2.05, 4.69) is 24.1 Å². The monoisotopic (exact) mass is 484 g/mol. The molecule has 5 nitrogen and oxygen atoms in total. The van der Waals surface area contributed by atoms with E-state index in [9.17, 15) is 14.0 Å². The van der Waals surface area contributed by atoms with Crippen LogP contribution in [0.3, 0.4) is 0 Å². The van der Waals surface area contributed by atoms with Crippen molar-refractivity contribution in [2.45, 2.75) is 91.2 Å². The van der Waals surface area contributed by atoms with E-state index in [1.807, 2.05) is 26.8 Å². The van der Waals surface area contributed by atoms with E-state index < -0.39 is 5.60 Å². The fourth-order valence-corrected chi connectivity index (χ4v) is 6.24. The topological polar surface area (TPSA) is 58.6 Å². The van der Waals surface area contributed by atoms with Crippen LogP contribution in [0.25, 0.3) is 5.57 Å². The number of ether oxygens (including phenoxy) is 1. The number of fused-ring (bicyclic) bond motifs is 2. The van der Waals surface area contributed by atoms with Gasteiger partial charge in [0.25, 0.3) is 0 Å². The van der Waals surface area contributed by atoms with Crippen LogP contribution in [0.4, 0.5) is 9.18 Å². The Labute approximate surface area is 209 Å². The molecule has 1 aromatic rings. The van der Waals surface area contributed by atoms with Gasteiger partial charge in [0.05, 0.1) is 6.04 Å². The van der Waals surface area contributed by atoms with Crippen molar-refractivity contribution in [3.05, 3.63) is 40.7 Å². The number of alkyl carbamates (subject to hydrolysis) is 1. The quantitative estimate of drug-likeness (QED) is 0.548. The van der Waals surface area contributed by atoms with E-state index in [0.717, 1.165) is 57.1 Å². The number of rotatable bonds is 5. The number of carbonyl (C=O) groups is 2. The van der Waals surface area contributed by atoms with Crippen LogP contribution in [0, 0.1) is 23.6 Å². The second-order valence-corrected chi connectivity index (χ2v) is 11.9. The predicted octanol–water partition coefficient (Wildman–Crippen LogP) is 6.11. The lowest BCUT2D eigenvalue weighted by Gasteiger charge is -2.42. The van der Waals surface area contributed by atoms with E-state index in [1.165, 1.54) is 16.7 Å². The van der Waals surface area contributed by atoms with Crippen LogP contribution in [0.2, 0.25) is 0 Å². The zero-order chi connectivity index (χ0) is 25.3. The lowest BCUT2D eigenvalue weighted by Crippen LogP contribution is -2.50. The van der Waals surface area contributed by atoms with Crippen molar-refractivity contribution in [3.63, 3.8) is 0 Å². The standard InChI is InChI=1S/C29H41FN2O3/c1-18(2)26-25-16-21-10-11-22(30)17-24(21)23(25)13-15-32(26)27(33)20-8-6-19(7-9-20)12-14-31-28(34)35-29(3,4)5/h10-11,17-20,26H,6-9,12-16H2,1-5H3,(H,31,34). The van der Waals surface area contributed by atoms with Gasteiger partial charge < -0.3 is 15.0 Å². The Bertz CT molecular complexity index is 986. The van der Waals surface area contributed by atoms with Gasteiger partial charge in [-0.15, -0.1) is 0 Å². The highest BCUT2D eigenvalue weighted by Gasteiger charge is 2.40. The van der Waals surface area contributed by atoms with Gasteiger partial charge in [-0.25, -0.2) is 9.18 Å². The molecule has 1 fully saturated rings. The van der Waals surface area contributed by atoms with Crippen LogP contribution < -0.4 is 5.32 Å². The summed E-state index contributed by atoms with van der Waals surface area (Å²) in [6, 6.07) is 5.22. The lowest BCUT2D eigenvalue weighted by molar-refractivity contribution is -0.139. The van der Waals surface area contributed by atoms with Gasteiger partial charge in [-0.2, -0.15) is 0 Å². The average Bonchev–Trinajstić information content (AvgIpc) is 3.14. The zero-order valence-electron chi connectivity index (χ0n) is 22.0. The Morgan fingerprint density at radius 3 is 2.54 bits per heavy atom. The Morgan fingerprint density at radius 1 is 1.17 bits per heavy atom. The number of nitrogens with one attached hydrogen (secondary N) is 1. The molecule has 2 aliphatic carbocycles. The van der Waals surface area contributed by atoms with Crippen molar-refractivity contribution in [2.24, 2.45) is 17.8 Å². The molecule has 35 heavy (non-hydrogen) atoms. The Balaban J connectivity index is 1.32. The minimum atomic E-state index is -0.487. The number of hydrogen-bond acceptors (Lipinski definition) is 3. The van der Waals surface area contributed by atoms with Crippen LogP contribution in [0.5, 0.6) is 0 Å². The van der Waals surface area contributed by atoms with Gasteiger partial charge >= 0.3 is 6.09 Å². The number of halogens is 1. The minimum absolute atomic E-state index is 0.0784. The van der Waals surface area contributed by atoms with Gasteiger partial charge in [-0.1, -0.05) is 19.9 Å². The molecule has 1 aliphatic heterocycles. The molecule has 1 saturated carbocycles. The maximum absolute atomic E-state index is 13.9. The SMILES string of the molecule is CC(C)C1C2=C(CCN1C(=O)C1CCC(CCNC(=O)OC(C)(C)C)CC1)c1cc(F)ccc1C2. The first-order valence-electron chi connectivity index (χ1n) is 13.3. The van der Waals surface area contributed by atoms with Gasteiger partial charge in [-0.3, -0.25) is 4.79 Å². The first kappa shape index (κ1) is 25.7. The van der Waals surface area contributed by atoms with Crippen molar-refractivity contribution in [3.8, 4) is 0 Å². The molecule has 0 spiro atoms. The fourth-order valence-electron chi connectivity index (χ4n) is 6.24. The van der Waals surface area contributed by atoms with Crippen molar-refractivity contribution < 1.29 is 18.7 Å². The third kappa shape index (κ3) is 5.90. The molecule has 1 N–H and O–H groups in total. The third-order valence-corrected chi connectivity index (χ3v) is 7.79. The van der Waals surface area contributed by atoms with E-state index in [4.69, 9.17) is 4.74 Å². The maximum atomic E-state index is 13.9. The van der Waals surface area contributed by atoms with E-state index in [0.29, 0.717) is 24.3 Å². The molecule has 3 aliphatic rings. The minimum Gasteiger partial charge on any atom is -0.444 e. The molecule has 1 aromatic carbocycles. The third-order valence-electron chi connectivity index (χ3n) is 7.79. The first-order valence-corrected chi connectivity index (χ1v) is 13.3. The summed E-state index contributed by atoms with van der Waals surface area (Å²) in [7, 11) is 0. The van der Waals surface area contributed by atoms with Crippen LogP contribution in [0.15, 0.2) is 23.8 Å². The maximum Gasteiger partial charge on any atom is 0.407 e. The predicted molar refractivity (Wildman–Crippen MR) is 136 cm³/mol. The Morgan fingerprint density at radius 2 is 1.89 bits per heavy atom. The van der Waals surface area contributed by atoms with Crippen molar-refractivity contribution in [2.75, 3.05) is 13.1 Å². The number of amides is 2. The highest BCUT2D eigenvalue weighted by molar-refractivity contribution is 5.84. The Kier molecular flexibility index (Phi) is 7.58. The molecule has 0 aromatic heterocycles. The molecule has 2 amide bonds. The average molecular weight is 485 g/mol. The first-order chi connectivity index (χ1) is 16.5. The second-order valence-electron chi connectivity index (χ2n) is 11.9. The summed E-state index contributed by atoms with van der Waals surface area (Å²) in [5, 5.41) is 2.86. The van der Waals surface area contributed by atoms with Crippen LogP contribution in [0.1, 0.15) is 84.3 Å². The number of carbonyl (C=O) groups excluding carboxylic acids is 2. The van der Waals surface area contributed by atoms with Gasteiger partial charge in [0.1, 0.15) is 11.4 Å². The van der Waals surface area contributed by atoms with E-state index >= 15 is 0 Å². The Hall–Kier alpha value is -2.37. The van der Waals surface area contributed by atoms with Crippen molar-refractivity contribution >= 4 is 17.6 Å². The van der Waals surface area contributed by atoms with Crippen LogP contribution in [-0.2, 0) is 16.0 Å². The van der Waals surface area contributed by atoms with Gasteiger partial charge in [0.15, 0.2) is 0 Å². The van der Waals surface area contributed by atoms with E-state index in [-0.39, 0.29) is 23.9 Å². The summed E-state index contributed by atoms with van der Waals surface area (Å²) in [4.78, 5) is 27.7. The summed E-state index contributed by atoms with van der Waals surface area (Å²) in [6.07, 6.45) is 6.06. The van der Waals surface area contributed by atoms with E-state index in [1.54, 1.807) is 12.1 Å². The molecule has 0 bridgehead atoms. The molecule has 1 unspecified atom stereocenters. The molecule has 0 saturated heterocycles. The summed E-state index contributed by atoms with van der Waals surface area (Å²) in [6.45, 7) is 11.3.